The molecule has 13 rings (SSSR count). The van der Waals surface area contributed by atoms with E-state index in [2.05, 4.69) is 368 Å². The van der Waals surface area contributed by atoms with Gasteiger partial charge in [-0.15, -0.1) is 0 Å². The van der Waals surface area contributed by atoms with Gasteiger partial charge in [0.05, 0.1) is 26.4 Å². The van der Waals surface area contributed by atoms with Crippen LogP contribution in [-0.2, 0) is 25.7 Å². The predicted octanol–water partition coefficient (Wildman–Crippen LogP) is 25.3. The van der Waals surface area contributed by atoms with E-state index in [1.54, 1.807) is 0 Å². The molecule has 512 valence electrons. The summed E-state index contributed by atoms with van der Waals surface area (Å²) in [6.07, 6.45) is 37.3. The zero-order valence-electron chi connectivity index (χ0n) is 59.9. The molecule has 0 aromatic heterocycles. The maximum atomic E-state index is 7.02. The summed E-state index contributed by atoms with van der Waals surface area (Å²) in [6, 6.07) is 95.3. The number of rotatable bonds is 24. The smallest absolute Gasteiger partial charge is 0.126 e. The van der Waals surface area contributed by atoms with Gasteiger partial charge in [-0.05, 0) is 210 Å². The molecule has 0 fully saturated rings. The first-order valence-electron chi connectivity index (χ1n) is 36.5. The van der Waals surface area contributed by atoms with Crippen molar-refractivity contribution in [1.82, 2.24) is 0 Å². The average Bonchev–Trinajstić information content (AvgIpc) is 0.775. The highest BCUT2D eigenvalue weighted by atomic mass is 16.5. The second kappa shape index (κ2) is 35.4. The molecule has 0 amide bonds. The molecule has 12 aromatic carbocycles. The molecule has 4 heteroatoms. The molecule has 0 saturated carbocycles. The summed E-state index contributed by atoms with van der Waals surface area (Å²) >= 11 is 0. The van der Waals surface area contributed by atoms with E-state index in [0.29, 0.717) is 52.1 Å². The normalized spacial score (nSPS) is 12.5. The molecule has 0 N–H and O–H groups in total. The lowest BCUT2D eigenvalue weighted by atomic mass is 9.88. The van der Waals surface area contributed by atoms with Crippen LogP contribution in [0, 0.1) is 0 Å². The lowest BCUT2D eigenvalue weighted by Gasteiger charge is -2.24. The molecule has 0 unspecified atom stereocenters. The third kappa shape index (κ3) is 19.2. The molecule has 0 atom stereocenters. The van der Waals surface area contributed by atoms with Gasteiger partial charge in [0.2, 0.25) is 0 Å². The second-order valence-electron chi connectivity index (χ2n) is 26.1. The van der Waals surface area contributed by atoms with Gasteiger partial charge < -0.3 is 18.9 Å². The molecule has 8 bridgehead atoms. The molecule has 0 aliphatic heterocycles. The van der Waals surface area contributed by atoms with E-state index in [1.165, 1.54) is 22.3 Å². The minimum Gasteiger partial charge on any atom is -0.493 e. The molecule has 104 heavy (non-hydrogen) atoms. The van der Waals surface area contributed by atoms with Crippen molar-refractivity contribution in [2.24, 2.45) is 0 Å². The van der Waals surface area contributed by atoms with Crippen molar-refractivity contribution in [1.29, 1.82) is 0 Å². The van der Waals surface area contributed by atoms with Crippen LogP contribution in [0.15, 0.2) is 267 Å². The number of fused-ring (bicyclic) bond motifs is 8. The van der Waals surface area contributed by atoms with E-state index in [4.69, 9.17) is 18.9 Å². The standard InChI is InChI=1S/C100H88O4/c1-5-101-97-89-61-85(57-53-81-45-37-77(38-46-81)33-29-73-21-13-9-14-22-73)62-90(97)70-92-64-87(59-55-83-49-41-79(42-50-83)35-31-75-25-17-11-18-26-75)66-94(99(92)103-7-3)72-96-68-88(60-56-84-51-43-80(44-52-84)36-32-76-27-19-12-20-28-76)67-95(100(96)104-8-4)71-93-65-86(63-91(69-89)98(93)102-6-2)58-54-82-47-39-78(40-48-82)34-30-74-23-15-10-16-24-74/h9-68H,5-8,69-72H2,1-4H3/b33-29-,34-30+,35-31+,36-32+,57-53?,58-54+,59-55+,60-56+. The highest BCUT2D eigenvalue weighted by Crippen LogP contribution is 2.42. The van der Waals surface area contributed by atoms with E-state index >= 15 is 0 Å². The Balaban J connectivity index is 0.963. The molecule has 1 aliphatic rings. The van der Waals surface area contributed by atoms with Crippen LogP contribution in [0.4, 0.5) is 0 Å². The van der Waals surface area contributed by atoms with E-state index in [0.717, 1.165) is 134 Å². The molecule has 0 spiro atoms. The minimum atomic E-state index is 0.476. The van der Waals surface area contributed by atoms with Gasteiger partial charge in [0.25, 0.3) is 0 Å². The Hall–Kier alpha value is -12.2. The molecular weight excluding hydrogens is 1270 g/mol. The first kappa shape index (κ1) is 70.2. The number of ether oxygens (including phenoxy) is 4. The van der Waals surface area contributed by atoms with Crippen molar-refractivity contribution in [3.63, 3.8) is 0 Å². The van der Waals surface area contributed by atoms with Crippen molar-refractivity contribution in [2.75, 3.05) is 26.4 Å². The third-order valence-electron chi connectivity index (χ3n) is 18.4. The summed E-state index contributed by atoms with van der Waals surface area (Å²) in [6.45, 7) is 10.2. The highest BCUT2D eigenvalue weighted by Gasteiger charge is 2.24. The van der Waals surface area contributed by atoms with Gasteiger partial charge in [-0.1, -0.05) is 316 Å². The van der Waals surface area contributed by atoms with Crippen molar-refractivity contribution in [2.45, 2.75) is 53.4 Å². The second-order valence-corrected chi connectivity index (χ2v) is 26.1. The predicted molar refractivity (Wildman–Crippen MR) is 445 cm³/mol. The van der Waals surface area contributed by atoms with Crippen LogP contribution in [0.3, 0.4) is 0 Å². The lowest BCUT2D eigenvalue weighted by molar-refractivity contribution is 0.326. The van der Waals surface area contributed by atoms with Gasteiger partial charge in [-0.2, -0.15) is 0 Å². The van der Waals surface area contributed by atoms with Crippen LogP contribution in [-0.4, -0.2) is 26.4 Å². The SMILES string of the molecule is CCOc1c2cc(C=Cc3ccc(/C=C\c4ccccc4)cc3)cc1Cc1cc(/C=C/c3ccc(/C=C/c4ccccc4)cc3)cc(c1OCC)Cc1cc(/C=C/c3ccc(/C=C/c4ccccc4)cc3)cc(c1OCC)Cc1cc(/C=C/c3ccc(/C=C/c4ccccc4)cc3)cc(c1OCC)C2. The van der Waals surface area contributed by atoms with Crippen molar-refractivity contribution in [3.8, 4) is 23.0 Å². The van der Waals surface area contributed by atoms with Gasteiger partial charge >= 0.3 is 0 Å². The average molecular weight is 1350 g/mol. The quantitative estimate of drug-likeness (QED) is 0.0565. The van der Waals surface area contributed by atoms with Gasteiger partial charge in [-0.25, -0.2) is 0 Å². The molecule has 12 aromatic rings. The Morgan fingerprint density at radius 2 is 0.298 bits per heavy atom. The van der Waals surface area contributed by atoms with Gasteiger partial charge in [0, 0.05) is 25.7 Å². The fourth-order valence-electron chi connectivity index (χ4n) is 13.4. The van der Waals surface area contributed by atoms with Crippen molar-refractivity contribution < 1.29 is 18.9 Å². The maximum Gasteiger partial charge on any atom is 0.126 e. The maximum absolute atomic E-state index is 7.02. The molecule has 0 radical (unpaired) electrons. The molecule has 4 nitrogen and oxygen atoms in total. The van der Waals surface area contributed by atoms with E-state index in [-0.39, 0.29) is 0 Å². The van der Waals surface area contributed by atoms with Crippen molar-refractivity contribution >= 4 is 97.2 Å². The Labute approximate surface area is 615 Å². The Morgan fingerprint density at radius 1 is 0.173 bits per heavy atom. The Bertz CT molecular complexity index is 4350. The topological polar surface area (TPSA) is 36.9 Å². The summed E-state index contributed by atoms with van der Waals surface area (Å²) in [7, 11) is 0. The zero-order valence-corrected chi connectivity index (χ0v) is 59.9. The molecular formula is C100H88O4. The van der Waals surface area contributed by atoms with Crippen LogP contribution >= 0.6 is 0 Å². The van der Waals surface area contributed by atoms with Gasteiger partial charge in [0.15, 0.2) is 0 Å². The largest absolute Gasteiger partial charge is 0.493 e. The summed E-state index contributed by atoms with van der Waals surface area (Å²) < 4.78 is 28.1. The van der Waals surface area contributed by atoms with Crippen molar-refractivity contribution in [3.05, 3.63) is 400 Å². The van der Waals surface area contributed by atoms with Crippen LogP contribution in [0.2, 0.25) is 0 Å². The Morgan fingerprint density at radius 3 is 0.433 bits per heavy atom. The first-order chi connectivity index (χ1) is 51.3. The van der Waals surface area contributed by atoms with Crippen LogP contribution in [0.25, 0.3) is 97.2 Å². The monoisotopic (exact) mass is 1350 g/mol. The van der Waals surface area contributed by atoms with E-state index in [9.17, 15) is 0 Å². The van der Waals surface area contributed by atoms with Crippen LogP contribution in [0.5, 0.6) is 23.0 Å². The molecule has 1 aliphatic carbocycles. The van der Waals surface area contributed by atoms with Gasteiger partial charge in [-0.3, -0.25) is 0 Å². The molecule has 0 saturated heterocycles. The van der Waals surface area contributed by atoms with Crippen LogP contribution < -0.4 is 18.9 Å². The third-order valence-corrected chi connectivity index (χ3v) is 18.4. The number of hydrogen-bond acceptors (Lipinski definition) is 4. The summed E-state index contributed by atoms with van der Waals surface area (Å²) in [5.41, 5.74) is 26.4. The summed E-state index contributed by atoms with van der Waals surface area (Å²) in [5.74, 6) is 3.45. The first-order valence-corrected chi connectivity index (χ1v) is 36.5. The summed E-state index contributed by atoms with van der Waals surface area (Å²) in [5, 5.41) is 0. The summed E-state index contributed by atoms with van der Waals surface area (Å²) in [4.78, 5) is 0. The fraction of sp³-hybridized carbons (Fsp3) is 0.120. The number of hydrogen-bond donors (Lipinski definition) is 0. The van der Waals surface area contributed by atoms with Gasteiger partial charge in [0.1, 0.15) is 23.0 Å². The molecule has 0 heterocycles. The van der Waals surface area contributed by atoms with E-state index in [1.807, 2.05) is 24.3 Å². The highest BCUT2D eigenvalue weighted by molar-refractivity contribution is 5.80. The van der Waals surface area contributed by atoms with E-state index < -0.39 is 0 Å². The lowest BCUT2D eigenvalue weighted by Crippen LogP contribution is -2.10. The minimum absolute atomic E-state index is 0.476. The fourth-order valence-corrected chi connectivity index (χ4v) is 13.4. The zero-order chi connectivity index (χ0) is 71.1. The van der Waals surface area contributed by atoms with Crippen LogP contribution in [0.1, 0.15) is 161 Å². The number of benzene rings is 12. The Kier molecular flexibility index (Phi) is 23.9.